The number of hydrogen-bond acceptors (Lipinski definition) is 6. The average Bonchev–Trinajstić information content (AvgIpc) is 3.11. The van der Waals surface area contributed by atoms with E-state index < -0.39 is 33.3 Å². The molecule has 0 unspecified atom stereocenters. The van der Waals surface area contributed by atoms with Crippen LogP contribution in [0.1, 0.15) is 5.56 Å². The van der Waals surface area contributed by atoms with Crippen LogP contribution < -0.4 is 4.90 Å². The number of piperazine rings is 1. The molecular formula is C19H17F4N3O4S. The van der Waals surface area contributed by atoms with Crippen LogP contribution in [0.3, 0.4) is 0 Å². The molecule has 0 bridgehead atoms. The second-order valence-electron chi connectivity index (χ2n) is 7.17. The Hall–Kier alpha value is -2.86. The third kappa shape index (κ3) is 4.17. The van der Waals surface area contributed by atoms with E-state index in [0.29, 0.717) is 37.8 Å². The number of phenolic OH excluding ortho intramolecular Hbond substituents is 1. The fourth-order valence-corrected chi connectivity index (χ4v) is 4.28. The van der Waals surface area contributed by atoms with E-state index in [4.69, 9.17) is 4.42 Å². The number of anilines is 1. The molecular weight excluding hydrogens is 442 g/mol. The number of aromatic nitrogens is 1. The van der Waals surface area contributed by atoms with Gasteiger partial charge in [-0.05, 0) is 24.3 Å². The summed E-state index contributed by atoms with van der Waals surface area (Å²) in [4.78, 5) is 6.09. The van der Waals surface area contributed by atoms with Crippen molar-refractivity contribution in [1.82, 2.24) is 9.29 Å². The summed E-state index contributed by atoms with van der Waals surface area (Å²) in [7, 11) is -3.26. The van der Waals surface area contributed by atoms with Crippen molar-refractivity contribution >= 4 is 26.8 Å². The van der Waals surface area contributed by atoms with Crippen LogP contribution in [0.15, 0.2) is 34.7 Å². The zero-order valence-electron chi connectivity index (χ0n) is 16.1. The molecule has 0 aliphatic carbocycles. The van der Waals surface area contributed by atoms with Gasteiger partial charge in [0.05, 0.1) is 11.8 Å². The predicted octanol–water partition coefficient (Wildman–Crippen LogP) is 3.44. The van der Waals surface area contributed by atoms with Gasteiger partial charge in [-0.1, -0.05) is 0 Å². The Balaban J connectivity index is 1.64. The van der Waals surface area contributed by atoms with Gasteiger partial charge in [0.25, 0.3) is 0 Å². The highest BCUT2D eigenvalue weighted by atomic mass is 32.2. The van der Waals surface area contributed by atoms with Crippen LogP contribution in [0.5, 0.6) is 5.75 Å². The molecule has 1 aromatic heterocycles. The summed E-state index contributed by atoms with van der Waals surface area (Å²) in [6.07, 6.45) is -3.84. The van der Waals surface area contributed by atoms with Crippen LogP contribution in [0.25, 0.3) is 22.6 Å². The molecule has 0 spiro atoms. The van der Waals surface area contributed by atoms with Crippen molar-refractivity contribution < 1.29 is 35.5 Å². The van der Waals surface area contributed by atoms with Crippen molar-refractivity contribution in [3.63, 3.8) is 0 Å². The maximum absolute atomic E-state index is 13.7. The van der Waals surface area contributed by atoms with Crippen LogP contribution in [0.4, 0.5) is 23.2 Å². The lowest BCUT2D eigenvalue weighted by atomic mass is 10.1. The number of nitrogens with zero attached hydrogens (tertiary/aromatic N) is 3. The van der Waals surface area contributed by atoms with Crippen molar-refractivity contribution in [2.75, 3.05) is 37.3 Å². The maximum atomic E-state index is 13.7. The summed E-state index contributed by atoms with van der Waals surface area (Å²) in [5, 5.41) is 9.58. The lowest BCUT2D eigenvalue weighted by Gasteiger charge is -2.34. The smallest absolute Gasteiger partial charge is 0.419 e. The molecule has 0 atom stereocenters. The molecule has 3 aromatic rings. The SMILES string of the molecule is CS(=O)(=O)N1CCN(c2ccc3nc(-c4cc(O)c(F)c(C(F)(F)F)c4)oc3c2)CC1. The van der Waals surface area contributed by atoms with Gasteiger partial charge >= 0.3 is 6.18 Å². The maximum Gasteiger partial charge on any atom is 0.419 e. The van der Waals surface area contributed by atoms with Crippen LogP contribution in [0, 0.1) is 5.82 Å². The Kier molecular flexibility index (Phi) is 5.09. The second-order valence-corrected chi connectivity index (χ2v) is 9.16. The van der Waals surface area contributed by atoms with Gasteiger partial charge in [-0.2, -0.15) is 17.5 Å². The molecule has 1 saturated heterocycles. The third-order valence-electron chi connectivity index (χ3n) is 5.05. The quantitative estimate of drug-likeness (QED) is 0.604. The molecule has 12 heteroatoms. The minimum Gasteiger partial charge on any atom is -0.505 e. The Bertz CT molecular complexity index is 1250. The van der Waals surface area contributed by atoms with Crippen LogP contribution >= 0.6 is 0 Å². The third-order valence-corrected chi connectivity index (χ3v) is 6.35. The Morgan fingerprint density at radius 1 is 1.10 bits per heavy atom. The van der Waals surface area contributed by atoms with E-state index in [1.165, 1.54) is 4.31 Å². The summed E-state index contributed by atoms with van der Waals surface area (Å²) in [5.41, 5.74) is -0.442. The fraction of sp³-hybridized carbons (Fsp3) is 0.316. The summed E-state index contributed by atoms with van der Waals surface area (Å²) < 4.78 is 83.1. The minimum atomic E-state index is -5.00. The highest BCUT2D eigenvalue weighted by Crippen LogP contribution is 2.38. The lowest BCUT2D eigenvalue weighted by molar-refractivity contribution is -0.140. The number of sulfonamides is 1. The minimum absolute atomic E-state index is 0.199. The molecule has 0 amide bonds. The van der Waals surface area contributed by atoms with Crippen molar-refractivity contribution in [2.24, 2.45) is 0 Å². The summed E-state index contributed by atoms with van der Waals surface area (Å²) >= 11 is 0. The molecule has 1 fully saturated rings. The normalized spacial score (nSPS) is 16.2. The number of fused-ring (bicyclic) bond motifs is 1. The first-order valence-electron chi connectivity index (χ1n) is 9.14. The molecule has 1 aliphatic heterocycles. The highest BCUT2D eigenvalue weighted by Gasteiger charge is 2.36. The molecule has 2 heterocycles. The van der Waals surface area contributed by atoms with E-state index >= 15 is 0 Å². The molecule has 4 rings (SSSR count). The van der Waals surface area contributed by atoms with Gasteiger partial charge in [0, 0.05) is 43.5 Å². The molecule has 0 radical (unpaired) electrons. The number of benzene rings is 2. The first-order chi connectivity index (χ1) is 14.4. The number of alkyl halides is 3. The van der Waals surface area contributed by atoms with Gasteiger partial charge < -0.3 is 14.4 Å². The number of hydrogen-bond donors (Lipinski definition) is 1. The van der Waals surface area contributed by atoms with Gasteiger partial charge in [0.2, 0.25) is 15.9 Å². The molecule has 31 heavy (non-hydrogen) atoms. The molecule has 1 N–H and O–H groups in total. The Labute approximate surface area is 174 Å². The number of aromatic hydroxyl groups is 1. The summed E-state index contributed by atoms with van der Waals surface area (Å²) in [6.45, 7) is 1.57. The van der Waals surface area contributed by atoms with E-state index in [0.717, 1.165) is 18.0 Å². The van der Waals surface area contributed by atoms with Gasteiger partial charge in [-0.25, -0.2) is 17.8 Å². The van der Waals surface area contributed by atoms with E-state index in [2.05, 4.69) is 4.98 Å². The first kappa shape index (κ1) is 21.4. The van der Waals surface area contributed by atoms with Crippen LogP contribution in [0.2, 0.25) is 0 Å². The average molecular weight is 459 g/mol. The van der Waals surface area contributed by atoms with E-state index in [-0.39, 0.29) is 17.0 Å². The predicted molar refractivity (Wildman–Crippen MR) is 105 cm³/mol. The number of phenols is 1. The Morgan fingerprint density at radius 3 is 2.39 bits per heavy atom. The second kappa shape index (κ2) is 7.38. The highest BCUT2D eigenvalue weighted by molar-refractivity contribution is 7.88. The number of rotatable bonds is 3. The number of oxazole rings is 1. The molecule has 1 aliphatic rings. The topological polar surface area (TPSA) is 86.9 Å². The largest absolute Gasteiger partial charge is 0.505 e. The zero-order valence-corrected chi connectivity index (χ0v) is 17.0. The fourth-order valence-electron chi connectivity index (χ4n) is 3.45. The van der Waals surface area contributed by atoms with Crippen LogP contribution in [-0.2, 0) is 16.2 Å². The number of halogens is 4. The van der Waals surface area contributed by atoms with Crippen molar-refractivity contribution in [1.29, 1.82) is 0 Å². The summed E-state index contributed by atoms with van der Waals surface area (Å²) in [6, 6.07) is 6.37. The molecule has 166 valence electrons. The van der Waals surface area contributed by atoms with Crippen molar-refractivity contribution in [3.8, 4) is 17.2 Å². The first-order valence-corrected chi connectivity index (χ1v) is 11.0. The van der Waals surface area contributed by atoms with Gasteiger partial charge in [-0.15, -0.1) is 0 Å². The van der Waals surface area contributed by atoms with Crippen LogP contribution in [-0.4, -0.2) is 55.2 Å². The lowest BCUT2D eigenvalue weighted by Crippen LogP contribution is -2.48. The van der Waals surface area contributed by atoms with Crippen molar-refractivity contribution in [3.05, 3.63) is 41.7 Å². The monoisotopic (exact) mass is 459 g/mol. The standard InChI is InChI=1S/C19H17F4N3O4S/c1-31(28,29)26-6-4-25(5-7-26)12-2-3-14-16(10-12)30-18(24-14)11-8-13(19(21,22)23)17(20)15(27)9-11/h2-3,8-10,27H,4-7H2,1H3. The molecule has 0 saturated carbocycles. The van der Waals surface area contributed by atoms with E-state index in [1.807, 2.05) is 4.90 Å². The van der Waals surface area contributed by atoms with Gasteiger partial charge in [-0.3, -0.25) is 0 Å². The molecule has 2 aromatic carbocycles. The van der Waals surface area contributed by atoms with E-state index in [1.54, 1.807) is 18.2 Å². The summed E-state index contributed by atoms with van der Waals surface area (Å²) in [5.74, 6) is -3.12. The van der Waals surface area contributed by atoms with Gasteiger partial charge in [0.1, 0.15) is 5.52 Å². The van der Waals surface area contributed by atoms with Gasteiger partial charge in [0.15, 0.2) is 17.1 Å². The molecule has 7 nitrogen and oxygen atoms in total. The Morgan fingerprint density at radius 2 is 1.77 bits per heavy atom. The van der Waals surface area contributed by atoms with Crippen molar-refractivity contribution in [2.45, 2.75) is 6.18 Å². The zero-order chi connectivity index (χ0) is 22.6. The van der Waals surface area contributed by atoms with E-state index in [9.17, 15) is 31.1 Å².